The Morgan fingerprint density at radius 3 is 2.23 bits per heavy atom. The van der Waals surface area contributed by atoms with E-state index in [-0.39, 0.29) is 13.1 Å². The van der Waals surface area contributed by atoms with Crippen LogP contribution in [0.25, 0.3) is 28.0 Å². The number of imidazole rings is 1. The summed E-state index contributed by atoms with van der Waals surface area (Å²) in [6.45, 7) is 5.06. The lowest BCUT2D eigenvalue weighted by Gasteiger charge is -2.24. The summed E-state index contributed by atoms with van der Waals surface area (Å²) in [6.07, 6.45) is -0.531. The van der Waals surface area contributed by atoms with Crippen LogP contribution in [-0.4, -0.2) is 63.1 Å². The van der Waals surface area contributed by atoms with Gasteiger partial charge in [-0.05, 0) is 68.3 Å². The number of ether oxygens (including phenoxy) is 2. The molecule has 1 aliphatic rings. The van der Waals surface area contributed by atoms with E-state index in [1.54, 1.807) is 63.4 Å². The first kappa shape index (κ1) is 26.1. The molecule has 2 aromatic heterocycles. The van der Waals surface area contributed by atoms with Crippen molar-refractivity contribution in [1.82, 2.24) is 19.0 Å². The Labute approximate surface area is 224 Å². The van der Waals surface area contributed by atoms with E-state index in [9.17, 15) is 14.4 Å². The van der Waals surface area contributed by atoms with Gasteiger partial charge in [0.25, 0.3) is 0 Å². The Kier molecular flexibility index (Phi) is 6.71. The minimum Gasteiger partial charge on any atom is -0.465 e. The number of aromatic nitrogens is 3. The Bertz CT molecular complexity index is 1590. The van der Waals surface area contributed by atoms with Gasteiger partial charge in [0.05, 0.1) is 36.5 Å². The van der Waals surface area contributed by atoms with Crippen LogP contribution in [0.5, 0.6) is 0 Å². The van der Waals surface area contributed by atoms with E-state index < -0.39 is 35.6 Å². The number of halogens is 1. The fourth-order valence-electron chi connectivity index (χ4n) is 4.78. The van der Waals surface area contributed by atoms with Crippen LogP contribution in [0.1, 0.15) is 37.2 Å². The largest absolute Gasteiger partial charge is 0.465 e. The molecule has 0 spiro atoms. The van der Waals surface area contributed by atoms with Gasteiger partial charge in [-0.15, -0.1) is 0 Å². The summed E-state index contributed by atoms with van der Waals surface area (Å²) < 4.78 is 28.3. The fraction of sp³-hybridized carbons (Fsp3) is 0.310. The smallest absolute Gasteiger partial charge is 0.410 e. The number of carbonyl (C=O) groups excluding carboxylic acids is 2. The molecule has 0 saturated carbocycles. The second-order valence-electron chi connectivity index (χ2n) is 10.4. The van der Waals surface area contributed by atoms with Crippen LogP contribution in [-0.2, 0) is 9.47 Å². The van der Waals surface area contributed by atoms with Crippen LogP contribution >= 0.6 is 0 Å². The van der Waals surface area contributed by atoms with E-state index in [0.717, 1.165) is 11.1 Å². The number of benzene rings is 2. The van der Waals surface area contributed by atoms with Gasteiger partial charge in [0.15, 0.2) is 5.65 Å². The number of esters is 1. The van der Waals surface area contributed by atoms with Crippen LogP contribution in [0.4, 0.5) is 9.18 Å². The van der Waals surface area contributed by atoms with Crippen molar-refractivity contribution in [2.75, 3.05) is 20.2 Å². The number of amides is 1. The van der Waals surface area contributed by atoms with Crippen molar-refractivity contribution in [2.24, 2.45) is 0 Å². The SMILES string of the molecule is COC(=O)c1ccc(-c2ccc(-n3c(=O)n([C@@H]4CN(C(=O)OC(C)(C)C)C[C@H]4F)c4ncccc43)cc2)cc1. The van der Waals surface area contributed by atoms with Crippen molar-refractivity contribution in [3.05, 3.63) is 82.9 Å². The van der Waals surface area contributed by atoms with Gasteiger partial charge in [0, 0.05) is 12.7 Å². The molecule has 5 rings (SSSR count). The zero-order valence-electron chi connectivity index (χ0n) is 22.1. The number of alkyl halides is 1. The molecule has 0 bridgehead atoms. The molecule has 0 aliphatic carbocycles. The molecule has 0 radical (unpaired) electrons. The standard InChI is InChI=1S/C29H29FN4O5/c1-29(2,3)39-28(37)32-16-22(30)24(17-32)34-25-23(6-5-15-31-25)33(27(34)36)21-13-11-19(12-14-21)18-7-9-20(10-8-18)26(35)38-4/h5-15,22,24H,16-17H2,1-4H3/t22-,24-/m1/s1. The van der Waals surface area contributed by atoms with Gasteiger partial charge in [-0.2, -0.15) is 0 Å². The first-order valence-corrected chi connectivity index (χ1v) is 12.6. The minimum absolute atomic E-state index is 0.00776. The van der Waals surface area contributed by atoms with Crippen molar-refractivity contribution in [1.29, 1.82) is 0 Å². The number of hydrogen-bond acceptors (Lipinski definition) is 6. The molecule has 1 amide bonds. The van der Waals surface area contributed by atoms with E-state index in [0.29, 0.717) is 22.4 Å². The number of fused-ring (bicyclic) bond motifs is 1. The molecule has 2 aromatic carbocycles. The molecular weight excluding hydrogens is 503 g/mol. The summed E-state index contributed by atoms with van der Waals surface area (Å²) in [4.78, 5) is 43.7. The van der Waals surface area contributed by atoms with Crippen molar-refractivity contribution in [2.45, 2.75) is 38.6 Å². The molecule has 1 saturated heterocycles. The van der Waals surface area contributed by atoms with Gasteiger partial charge in [-0.25, -0.2) is 23.8 Å². The summed E-state index contributed by atoms with van der Waals surface area (Å²) >= 11 is 0. The Balaban J connectivity index is 1.48. The van der Waals surface area contributed by atoms with Crippen LogP contribution in [0.2, 0.25) is 0 Å². The summed E-state index contributed by atoms with van der Waals surface area (Å²) in [5, 5.41) is 0. The first-order chi connectivity index (χ1) is 18.6. The molecule has 0 N–H and O–H groups in total. The molecule has 39 heavy (non-hydrogen) atoms. The van der Waals surface area contributed by atoms with Gasteiger partial charge in [0.2, 0.25) is 0 Å². The minimum atomic E-state index is -1.47. The second kappa shape index (κ2) is 10.0. The third-order valence-corrected chi connectivity index (χ3v) is 6.60. The van der Waals surface area contributed by atoms with E-state index in [2.05, 4.69) is 4.98 Å². The topological polar surface area (TPSA) is 95.7 Å². The number of rotatable bonds is 4. The highest BCUT2D eigenvalue weighted by Gasteiger charge is 2.40. The predicted molar refractivity (Wildman–Crippen MR) is 144 cm³/mol. The average Bonchev–Trinajstić information content (AvgIpc) is 3.43. The summed E-state index contributed by atoms with van der Waals surface area (Å²) in [5.41, 5.74) is 2.51. The Hall–Kier alpha value is -4.47. The quantitative estimate of drug-likeness (QED) is 0.352. The predicted octanol–water partition coefficient (Wildman–Crippen LogP) is 4.77. The Morgan fingerprint density at radius 2 is 1.62 bits per heavy atom. The lowest BCUT2D eigenvalue weighted by Crippen LogP contribution is -2.36. The molecule has 1 fully saturated rings. The van der Waals surface area contributed by atoms with Crippen LogP contribution in [0.15, 0.2) is 71.7 Å². The van der Waals surface area contributed by atoms with Crippen molar-refractivity contribution in [3.8, 4) is 16.8 Å². The highest BCUT2D eigenvalue weighted by molar-refractivity contribution is 5.90. The Morgan fingerprint density at radius 1 is 0.974 bits per heavy atom. The summed E-state index contributed by atoms with van der Waals surface area (Å²) in [5.74, 6) is -0.409. The zero-order chi connectivity index (χ0) is 27.9. The van der Waals surface area contributed by atoms with Crippen molar-refractivity contribution in [3.63, 3.8) is 0 Å². The molecule has 3 heterocycles. The highest BCUT2D eigenvalue weighted by atomic mass is 19.1. The molecular formula is C29H29FN4O5. The van der Waals surface area contributed by atoms with Gasteiger partial charge >= 0.3 is 17.8 Å². The summed E-state index contributed by atoms with van der Waals surface area (Å²) in [7, 11) is 1.33. The van der Waals surface area contributed by atoms with Crippen molar-refractivity contribution < 1.29 is 23.5 Å². The number of methoxy groups -OCH3 is 1. The first-order valence-electron chi connectivity index (χ1n) is 12.6. The molecule has 202 valence electrons. The normalized spacial score (nSPS) is 17.4. The third kappa shape index (κ3) is 5.01. The molecule has 1 aliphatic heterocycles. The second-order valence-corrected chi connectivity index (χ2v) is 10.4. The van der Waals surface area contributed by atoms with Gasteiger partial charge in [-0.3, -0.25) is 9.13 Å². The number of pyridine rings is 1. The fourth-order valence-corrected chi connectivity index (χ4v) is 4.78. The van der Waals surface area contributed by atoms with E-state index >= 15 is 4.39 Å². The van der Waals surface area contributed by atoms with Crippen molar-refractivity contribution >= 4 is 23.2 Å². The molecule has 4 aromatic rings. The number of hydrogen-bond donors (Lipinski definition) is 0. The summed E-state index contributed by atoms with van der Waals surface area (Å²) in [6, 6.07) is 16.9. The number of carbonyl (C=O) groups is 2. The van der Waals surface area contributed by atoms with Crippen LogP contribution < -0.4 is 5.69 Å². The molecule has 2 atom stereocenters. The average molecular weight is 533 g/mol. The highest BCUT2D eigenvalue weighted by Crippen LogP contribution is 2.29. The lowest BCUT2D eigenvalue weighted by atomic mass is 10.0. The molecule has 0 unspecified atom stereocenters. The third-order valence-electron chi connectivity index (χ3n) is 6.60. The number of nitrogens with zero attached hydrogens (tertiary/aromatic N) is 4. The monoisotopic (exact) mass is 532 g/mol. The maximum Gasteiger partial charge on any atom is 0.410 e. The van der Waals surface area contributed by atoms with E-state index in [1.807, 2.05) is 24.3 Å². The van der Waals surface area contributed by atoms with Crippen LogP contribution in [0.3, 0.4) is 0 Å². The van der Waals surface area contributed by atoms with E-state index in [4.69, 9.17) is 9.47 Å². The van der Waals surface area contributed by atoms with Gasteiger partial charge in [-0.1, -0.05) is 24.3 Å². The maximum atomic E-state index is 15.3. The lowest BCUT2D eigenvalue weighted by molar-refractivity contribution is 0.0281. The van der Waals surface area contributed by atoms with Crippen LogP contribution in [0, 0.1) is 0 Å². The molecule has 10 heteroatoms. The van der Waals surface area contributed by atoms with Gasteiger partial charge in [0.1, 0.15) is 11.8 Å². The van der Waals surface area contributed by atoms with E-state index in [1.165, 1.54) is 21.1 Å². The molecule has 9 nitrogen and oxygen atoms in total. The zero-order valence-corrected chi connectivity index (χ0v) is 22.1. The number of likely N-dealkylation sites (tertiary alicyclic amines) is 1. The maximum absolute atomic E-state index is 15.3. The van der Waals surface area contributed by atoms with Gasteiger partial charge < -0.3 is 14.4 Å².